The molecular weight excluding hydrogens is 450 g/mol. The molecule has 0 radical (unpaired) electrons. The molecule has 3 heterocycles. The molecule has 3 aromatic carbocycles. The van der Waals surface area contributed by atoms with E-state index in [9.17, 15) is 4.79 Å². The van der Waals surface area contributed by atoms with Gasteiger partial charge in [-0.3, -0.25) is 4.90 Å². The Hall–Kier alpha value is -4.72. The number of nitrogens with one attached hydrogen (secondary N) is 2. The van der Waals surface area contributed by atoms with Gasteiger partial charge in [0.05, 0.1) is 18.6 Å². The number of imidazole rings is 1. The molecule has 2 N–H and O–H groups in total. The van der Waals surface area contributed by atoms with E-state index >= 15 is 0 Å². The highest BCUT2D eigenvalue weighted by Crippen LogP contribution is 2.41. The lowest BCUT2D eigenvalue weighted by atomic mass is 9.85. The number of nitrogens with zero attached hydrogens (tertiary/aromatic N) is 5. The van der Waals surface area contributed by atoms with Crippen LogP contribution >= 0.6 is 0 Å². The number of anilines is 1. The Morgan fingerprint density at radius 1 is 0.917 bits per heavy atom. The Morgan fingerprint density at radius 3 is 2.36 bits per heavy atom. The van der Waals surface area contributed by atoms with E-state index in [-0.39, 0.29) is 6.03 Å². The summed E-state index contributed by atoms with van der Waals surface area (Å²) in [6, 6.07) is 26.3. The van der Waals surface area contributed by atoms with Crippen LogP contribution < -0.4 is 10.2 Å². The third-order valence-electron chi connectivity index (χ3n) is 6.70. The number of hydrogen-bond donors (Lipinski definition) is 2. The van der Waals surface area contributed by atoms with E-state index in [4.69, 9.17) is 0 Å². The molecule has 1 unspecified atom stereocenters. The predicted octanol–water partition coefficient (Wildman–Crippen LogP) is 4.68. The Labute approximate surface area is 209 Å². The van der Waals surface area contributed by atoms with Gasteiger partial charge in [0.1, 0.15) is 6.34 Å². The maximum Gasteiger partial charge on any atom is 0.324 e. The number of carbonyl (C=O) groups is 1. The second-order valence-electron chi connectivity index (χ2n) is 9.07. The van der Waals surface area contributed by atoms with Gasteiger partial charge in [-0.2, -0.15) is 0 Å². The van der Waals surface area contributed by atoms with Gasteiger partial charge >= 0.3 is 6.03 Å². The number of aromatic amines is 1. The number of urea groups is 1. The molecule has 178 valence electrons. The lowest BCUT2D eigenvalue weighted by molar-refractivity contribution is 0.225. The molecule has 0 bridgehead atoms. The topological polar surface area (TPSA) is 89.0 Å². The summed E-state index contributed by atoms with van der Waals surface area (Å²) in [7, 11) is 3.99. The molecule has 6 rings (SSSR count). The van der Waals surface area contributed by atoms with Crippen LogP contribution in [0.2, 0.25) is 0 Å². The lowest BCUT2D eigenvalue weighted by Crippen LogP contribution is -2.45. The van der Waals surface area contributed by atoms with Crippen LogP contribution in [0.1, 0.15) is 16.8 Å². The van der Waals surface area contributed by atoms with E-state index in [0.29, 0.717) is 23.9 Å². The number of hydrogen-bond acceptors (Lipinski definition) is 5. The Balaban J connectivity index is 1.39. The van der Waals surface area contributed by atoms with Crippen LogP contribution in [0.4, 0.5) is 16.3 Å². The van der Waals surface area contributed by atoms with Crippen LogP contribution in [0.15, 0.2) is 95.2 Å². The van der Waals surface area contributed by atoms with Gasteiger partial charge in [0, 0.05) is 19.8 Å². The van der Waals surface area contributed by atoms with Crippen molar-refractivity contribution in [3.63, 3.8) is 0 Å². The van der Waals surface area contributed by atoms with E-state index in [0.717, 1.165) is 27.9 Å². The number of amides is 2. The van der Waals surface area contributed by atoms with Gasteiger partial charge in [-0.25, -0.2) is 19.8 Å². The zero-order valence-electron chi connectivity index (χ0n) is 20.0. The van der Waals surface area contributed by atoms with Gasteiger partial charge in [0.2, 0.25) is 0 Å². The van der Waals surface area contributed by atoms with Crippen molar-refractivity contribution in [3.05, 3.63) is 102 Å². The monoisotopic (exact) mass is 475 g/mol. The van der Waals surface area contributed by atoms with Crippen molar-refractivity contribution >= 4 is 29.7 Å². The zero-order chi connectivity index (χ0) is 24.7. The van der Waals surface area contributed by atoms with Gasteiger partial charge < -0.3 is 15.2 Å². The van der Waals surface area contributed by atoms with Crippen LogP contribution in [-0.4, -0.2) is 47.2 Å². The highest BCUT2D eigenvalue weighted by molar-refractivity contribution is 6.15. The van der Waals surface area contributed by atoms with E-state index in [1.54, 1.807) is 11.2 Å². The van der Waals surface area contributed by atoms with Crippen molar-refractivity contribution in [1.82, 2.24) is 20.2 Å². The number of H-pyrrole nitrogens is 1. The van der Waals surface area contributed by atoms with Gasteiger partial charge in [0.25, 0.3) is 0 Å². The average Bonchev–Trinajstić information content (AvgIpc) is 3.44. The van der Waals surface area contributed by atoms with Crippen LogP contribution in [-0.2, 0) is 12.1 Å². The zero-order valence-corrected chi connectivity index (χ0v) is 20.0. The molecule has 1 aromatic heterocycles. The minimum Gasteiger partial charge on any atom is -0.378 e. The average molecular weight is 476 g/mol. The lowest BCUT2D eigenvalue weighted by Gasteiger charge is -2.29. The Kier molecular flexibility index (Phi) is 5.14. The minimum atomic E-state index is -1.03. The summed E-state index contributed by atoms with van der Waals surface area (Å²) >= 11 is 0. The molecule has 36 heavy (non-hydrogen) atoms. The third-order valence-corrected chi connectivity index (χ3v) is 6.70. The van der Waals surface area contributed by atoms with Crippen LogP contribution in [0.25, 0.3) is 11.1 Å². The van der Waals surface area contributed by atoms with Gasteiger partial charge in [-0.1, -0.05) is 66.7 Å². The number of amidine groups is 1. The molecule has 0 saturated carbocycles. The number of aromatic nitrogens is 2. The van der Waals surface area contributed by atoms with Crippen molar-refractivity contribution in [2.75, 3.05) is 19.0 Å². The van der Waals surface area contributed by atoms with Crippen molar-refractivity contribution in [3.8, 4) is 11.1 Å². The molecular formula is C28H25N7O. The van der Waals surface area contributed by atoms with Crippen LogP contribution in [0, 0.1) is 0 Å². The summed E-state index contributed by atoms with van der Waals surface area (Å²) in [5.74, 6) is 1.06. The highest BCUT2D eigenvalue weighted by Gasteiger charge is 2.54. The Bertz CT molecular complexity index is 1470. The molecule has 8 nitrogen and oxygen atoms in total. The number of benzene rings is 3. The fourth-order valence-electron chi connectivity index (χ4n) is 4.84. The molecule has 1 saturated heterocycles. The quantitative estimate of drug-likeness (QED) is 0.439. The number of rotatable bonds is 5. The van der Waals surface area contributed by atoms with Gasteiger partial charge in [-0.15, -0.1) is 0 Å². The maximum atomic E-state index is 13.5. The molecule has 2 aliphatic heterocycles. The molecule has 0 aliphatic carbocycles. The number of aliphatic imine (C=N–C) groups is 2. The molecule has 0 spiro atoms. The Morgan fingerprint density at radius 2 is 1.64 bits per heavy atom. The van der Waals surface area contributed by atoms with Gasteiger partial charge in [0.15, 0.2) is 17.2 Å². The normalized spacial score (nSPS) is 18.2. The van der Waals surface area contributed by atoms with Crippen molar-refractivity contribution in [2.45, 2.75) is 12.1 Å². The first-order chi connectivity index (χ1) is 17.6. The van der Waals surface area contributed by atoms with Crippen LogP contribution in [0.3, 0.4) is 0 Å². The summed E-state index contributed by atoms with van der Waals surface area (Å²) in [6.45, 7) is 0.370. The molecule has 1 fully saturated rings. The van der Waals surface area contributed by atoms with E-state index in [1.807, 2.05) is 61.5 Å². The SMILES string of the molecule is CN(C)c1ccc(C23NC(=O)N(Cc4ccc(-c5ccccc5)cc4)C2=NC=Nc2nc[nH]c23)cc1. The van der Waals surface area contributed by atoms with Gasteiger partial charge in [-0.05, 0) is 34.4 Å². The summed E-state index contributed by atoms with van der Waals surface area (Å²) in [6.07, 6.45) is 3.06. The summed E-state index contributed by atoms with van der Waals surface area (Å²) in [4.78, 5) is 33.9. The summed E-state index contributed by atoms with van der Waals surface area (Å²) < 4.78 is 0. The van der Waals surface area contributed by atoms with Crippen molar-refractivity contribution < 1.29 is 4.79 Å². The fraction of sp³-hybridized carbons (Fsp3) is 0.143. The minimum absolute atomic E-state index is 0.228. The number of carbonyl (C=O) groups excluding carboxylic acids is 1. The first kappa shape index (κ1) is 21.8. The predicted molar refractivity (Wildman–Crippen MR) is 142 cm³/mol. The second-order valence-corrected chi connectivity index (χ2v) is 9.07. The first-order valence-corrected chi connectivity index (χ1v) is 11.7. The fourth-order valence-corrected chi connectivity index (χ4v) is 4.84. The summed E-state index contributed by atoms with van der Waals surface area (Å²) in [5, 5.41) is 3.22. The molecule has 8 heteroatoms. The van der Waals surface area contributed by atoms with E-state index in [1.165, 1.54) is 6.34 Å². The third kappa shape index (κ3) is 3.46. The molecule has 4 aromatic rings. The summed E-state index contributed by atoms with van der Waals surface area (Å²) in [5.41, 5.74) is 4.86. The number of fused-ring (bicyclic) bond motifs is 3. The highest BCUT2D eigenvalue weighted by atomic mass is 16.2. The largest absolute Gasteiger partial charge is 0.378 e. The van der Waals surface area contributed by atoms with Crippen molar-refractivity contribution in [1.29, 1.82) is 0 Å². The standard InChI is InChI=1S/C28H25N7O/c1-34(2)23-14-12-22(13-15-23)28-24-25(30-17-29-24)31-18-32-26(28)35(27(36)33-28)16-19-8-10-21(11-9-19)20-6-4-3-5-7-20/h3-15,17-18H,16H2,1-2H3,(H,29,30)(H,33,36). The second kappa shape index (κ2) is 8.49. The van der Waals surface area contributed by atoms with E-state index in [2.05, 4.69) is 61.7 Å². The smallest absolute Gasteiger partial charge is 0.324 e. The molecule has 2 aliphatic rings. The maximum absolute atomic E-state index is 13.5. The van der Waals surface area contributed by atoms with E-state index < -0.39 is 5.54 Å². The first-order valence-electron chi connectivity index (χ1n) is 11.7. The molecule has 1 atom stereocenters. The van der Waals surface area contributed by atoms with Crippen LogP contribution in [0.5, 0.6) is 0 Å². The van der Waals surface area contributed by atoms with Crippen molar-refractivity contribution in [2.24, 2.45) is 9.98 Å². The molecule has 2 amide bonds.